The number of carbonyl (C=O) groups is 1. The highest BCUT2D eigenvalue weighted by Gasteiger charge is 2.23. The van der Waals surface area contributed by atoms with Crippen LogP contribution in [0.1, 0.15) is 12.8 Å². The molecule has 1 fully saturated rings. The van der Waals surface area contributed by atoms with E-state index in [1.807, 2.05) is 0 Å². The van der Waals surface area contributed by atoms with Gasteiger partial charge in [0.2, 0.25) is 0 Å². The summed E-state index contributed by atoms with van der Waals surface area (Å²) >= 11 is 5.46. The van der Waals surface area contributed by atoms with Gasteiger partial charge in [-0.15, -0.1) is 20.4 Å². The number of carboxylic acid groups (broad SMARTS) is 1. The van der Waals surface area contributed by atoms with E-state index in [0.717, 1.165) is 12.8 Å². The normalized spacial score (nSPS) is 20.1. The van der Waals surface area contributed by atoms with Gasteiger partial charge in [0.25, 0.3) is 11.2 Å². The van der Waals surface area contributed by atoms with Gasteiger partial charge in [0.1, 0.15) is 0 Å². The Morgan fingerprint density at radius 2 is 2.12 bits per heavy atom. The molecule has 17 heavy (non-hydrogen) atoms. The van der Waals surface area contributed by atoms with Crippen LogP contribution in [0.15, 0.2) is 0 Å². The Balaban J connectivity index is 1.94. The molecule has 1 atom stereocenters. The molecule has 2 heterocycles. The minimum absolute atomic E-state index is 0.0219. The fraction of sp³-hybridized carbons (Fsp3) is 0.625. The lowest BCUT2D eigenvalue weighted by Crippen LogP contribution is -2.44. The van der Waals surface area contributed by atoms with E-state index in [9.17, 15) is 4.79 Å². The van der Waals surface area contributed by atoms with Crippen molar-refractivity contribution in [2.45, 2.75) is 18.9 Å². The van der Waals surface area contributed by atoms with Crippen molar-refractivity contribution in [3.05, 3.63) is 5.28 Å². The Hall–Kier alpha value is -1.70. The lowest BCUT2D eigenvalue weighted by molar-refractivity contribution is 0.132. The number of hydrogen-bond donors (Lipinski definition) is 2. The fourth-order valence-corrected chi connectivity index (χ4v) is 1.80. The topological polar surface area (TPSA) is 104 Å². The van der Waals surface area contributed by atoms with Crippen molar-refractivity contribution in [1.82, 2.24) is 25.3 Å². The summed E-state index contributed by atoms with van der Waals surface area (Å²) in [6.07, 6.45) is 0.749. The quantitative estimate of drug-likeness (QED) is 0.795. The second-order valence-electron chi connectivity index (χ2n) is 3.70. The molecule has 0 saturated carbocycles. The zero-order chi connectivity index (χ0) is 12.3. The van der Waals surface area contributed by atoms with Crippen LogP contribution in [0.4, 0.5) is 10.7 Å². The molecule has 1 aliphatic heterocycles. The first-order valence-electron chi connectivity index (χ1n) is 5.12. The summed E-state index contributed by atoms with van der Waals surface area (Å²) in [4.78, 5) is 12.2. The fourth-order valence-electron chi connectivity index (χ4n) is 1.73. The molecule has 8 nitrogen and oxygen atoms in total. The molecule has 1 aromatic rings. The summed E-state index contributed by atoms with van der Waals surface area (Å²) < 4.78 is 0. The number of anilines is 1. The second kappa shape index (κ2) is 5.09. The van der Waals surface area contributed by atoms with Crippen molar-refractivity contribution in [2.75, 3.05) is 18.4 Å². The van der Waals surface area contributed by atoms with Crippen LogP contribution in [0.3, 0.4) is 0 Å². The van der Waals surface area contributed by atoms with Crippen molar-refractivity contribution < 1.29 is 9.90 Å². The average molecular weight is 259 g/mol. The molecule has 1 amide bonds. The number of amides is 1. The maximum Gasteiger partial charge on any atom is 0.407 e. The highest BCUT2D eigenvalue weighted by atomic mass is 35.5. The van der Waals surface area contributed by atoms with Gasteiger partial charge in [-0.1, -0.05) is 0 Å². The summed E-state index contributed by atoms with van der Waals surface area (Å²) in [5, 5.41) is 26.4. The predicted molar refractivity (Wildman–Crippen MR) is 58.9 cm³/mol. The SMILES string of the molecule is O=C(O)N1CCCC(Nc2nnc(Cl)nn2)C1. The minimum atomic E-state index is -0.912. The van der Waals surface area contributed by atoms with Crippen LogP contribution in [-0.2, 0) is 0 Å². The van der Waals surface area contributed by atoms with E-state index in [4.69, 9.17) is 16.7 Å². The zero-order valence-corrected chi connectivity index (χ0v) is 9.63. The lowest BCUT2D eigenvalue weighted by Gasteiger charge is -2.30. The van der Waals surface area contributed by atoms with Crippen molar-refractivity contribution >= 4 is 23.6 Å². The van der Waals surface area contributed by atoms with Gasteiger partial charge in [-0.05, 0) is 24.4 Å². The van der Waals surface area contributed by atoms with Gasteiger partial charge in [-0.25, -0.2) is 4.79 Å². The number of rotatable bonds is 2. The molecule has 2 rings (SSSR count). The third-order valence-electron chi connectivity index (χ3n) is 2.48. The number of aromatic nitrogens is 4. The van der Waals surface area contributed by atoms with Gasteiger partial charge in [0.15, 0.2) is 0 Å². The largest absolute Gasteiger partial charge is 0.465 e. The molecule has 1 aliphatic rings. The summed E-state index contributed by atoms with van der Waals surface area (Å²) in [6.45, 7) is 0.965. The van der Waals surface area contributed by atoms with Crippen LogP contribution in [0.2, 0.25) is 5.28 Å². The minimum Gasteiger partial charge on any atom is -0.465 e. The standard InChI is InChI=1S/C8H11ClN6O2/c9-6-11-13-7(14-12-6)10-5-2-1-3-15(4-5)8(16)17/h5H,1-4H2,(H,16,17)(H,10,13,14). The van der Waals surface area contributed by atoms with E-state index in [2.05, 4.69) is 25.7 Å². The molecular formula is C8H11ClN6O2. The first-order chi connectivity index (χ1) is 8.15. The molecule has 0 aliphatic carbocycles. The predicted octanol–water partition coefficient (Wildman–Crippen LogP) is 0.474. The summed E-state index contributed by atoms with van der Waals surface area (Å²) in [5.41, 5.74) is 0. The van der Waals surface area contributed by atoms with Crippen LogP contribution in [0.5, 0.6) is 0 Å². The van der Waals surface area contributed by atoms with E-state index in [1.54, 1.807) is 0 Å². The number of halogens is 1. The molecule has 92 valence electrons. The Morgan fingerprint density at radius 3 is 2.76 bits per heavy atom. The Labute approximate surface area is 102 Å². The highest BCUT2D eigenvalue weighted by molar-refractivity contribution is 6.28. The Morgan fingerprint density at radius 1 is 1.41 bits per heavy atom. The highest BCUT2D eigenvalue weighted by Crippen LogP contribution is 2.13. The van der Waals surface area contributed by atoms with Gasteiger partial charge in [-0.3, -0.25) is 0 Å². The van der Waals surface area contributed by atoms with Gasteiger partial charge >= 0.3 is 6.09 Å². The van der Waals surface area contributed by atoms with Crippen LogP contribution in [-0.4, -0.2) is 55.6 Å². The van der Waals surface area contributed by atoms with Crippen molar-refractivity contribution in [2.24, 2.45) is 0 Å². The summed E-state index contributed by atoms with van der Waals surface area (Å²) in [7, 11) is 0. The Kier molecular flexibility index (Phi) is 3.52. The number of hydrogen-bond acceptors (Lipinski definition) is 6. The van der Waals surface area contributed by atoms with Crippen molar-refractivity contribution in [3.63, 3.8) is 0 Å². The average Bonchev–Trinajstić information content (AvgIpc) is 2.32. The van der Waals surface area contributed by atoms with Gasteiger partial charge in [-0.2, -0.15) is 0 Å². The Bertz CT molecular complexity index is 400. The van der Waals surface area contributed by atoms with E-state index in [1.165, 1.54) is 4.90 Å². The van der Waals surface area contributed by atoms with E-state index in [-0.39, 0.29) is 17.3 Å². The van der Waals surface area contributed by atoms with Crippen LogP contribution in [0.25, 0.3) is 0 Å². The molecule has 0 aromatic carbocycles. The maximum absolute atomic E-state index is 10.8. The molecule has 2 N–H and O–H groups in total. The number of piperidine rings is 1. The van der Waals surface area contributed by atoms with Crippen molar-refractivity contribution in [1.29, 1.82) is 0 Å². The van der Waals surface area contributed by atoms with Crippen molar-refractivity contribution in [3.8, 4) is 0 Å². The molecule has 0 bridgehead atoms. The molecule has 0 radical (unpaired) electrons. The summed E-state index contributed by atoms with van der Waals surface area (Å²) in [5.74, 6) is 0.256. The molecule has 1 saturated heterocycles. The smallest absolute Gasteiger partial charge is 0.407 e. The van der Waals surface area contributed by atoms with E-state index >= 15 is 0 Å². The van der Waals surface area contributed by atoms with Crippen LogP contribution >= 0.6 is 11.6 Å². The summed E-state index contributed by atoms with van der Waals surface area (Å²) in [6, 6.07) is -0.0235. The second-order valence-corrected chi connectivity index (χ2v) is 4.04. The van der Waals surface area contributed by atoms with Gasteiger partial charge in [0, 0.05) is 19.1 Å². The third-order valence-corrected chi connectivity index (χ3v) is 2.63. The number of likely N-dealkylation sites (tertiary alicyclic amines) is 1. The van der Waals surface area contributed by atoms with Gasteiger partial charge < -0.3 is 15.3 Å². The number of nitrogens with zero attached hydrogens (tertiary/aromatic N) is 5. The molecular weight excluding hydrogens is 248 g/mol. The van der Waals surface area contributed by atoms with E-state index in [0.29, 0.717) is 13.1 Å². The lowest BCUT2D eigenvalue weighted by atomic mass is 10.1. The van der Waals surface area contributed by atoms with E-state index < -0.39 is 6.09 Å². The zero-order valence-electron chi connectivity index (χ0n) is 8.88. The first kappa shape index (κ1) is 11.8. The van der Waals surface area contributed by atoms with Crippen LogP contribution in [0, 0.1) is 0 Å². The molecule has 1 aromatic heterocycles. The number of nitrogens with one attached hydrogen (secondary N) is 1. The molecule has 9 heteroatoms. The molecule has 0 spiro atoms. The molecule has 1 unspecified atom stereocenters. The first-order valence-corrected chi connectivity index (χ1v) is 5.50. The maximum atomic E-state index is 10.8. The van der Waals surface area contributed by atoms with Gasteiger partial charge in [0.05, 0.1) is 0 Å². The monoisotopic (exact) mass is 258 g/mol. The third kappa shape index (κ3) is 3.13. The van der Waals surface area contributed by atoms with Crippen LogP contribution < -0.4 is 5.32 Å².